The van der Waals surface area contributed by atoms with E-state index < -0.39 is 18.2 Å². The van der Waals surface area contributed by atoms with E-state index in [1.165, 1.54) is 0 Å². The van der Waals surface area contributed by atoms with Gasteiger partial charge in [0.05, 0.1) is 32.0 Å². The van der Waals surface area contributed by atoms with E-state index in [1.54, 1.807) is 7.11 Å². The summed E-state index contributed by atoms with van der Waals surface area (Å²) in [5.74, 6) is 0.798. The summed E-state index contributed by atoms with van der Waals surface area (Å²) >= 11 is 0. The van der Waals surface area contributed by atoms with Crippen LogP contribution in [0.4, 0.5) is 0 Å². The van der Waals surface area contributed by atoms with Crippen LogP contribution in [-0.2, 0) is 13.0 Å². The van der Waals surface area contributed by atoms with Crippen molar-refractivity contribution in [3.05, 3.63) is 65.2 Å². The molecule has 3 N–H and O–H groups in total. The highest BCUT2D eigenvalue weighted by atomic mass is 16.5. The molecule has 26 heavy (non-hydrogen) atoms. The predicted octanol–water partition coefficient (Wildman–Crippen LogP) is 1.51. The van der Waals surface area contributed by atoms with Gasteiger partial charge in [0.15, 0.2) is 0 Å². The summed E-state index contributed by atoms with van der Waals surface area (Å²) in [6, 6.07) is 15.1. The van der Waals surface area contributed by atoms with Gasteiger partial charge in [-0.3, -0.25) is 4.90 Å². The topological polar surface area (TPSA) is 73.2 Å². The molecule has 3 rings (SSSR count). The van der Waals surface area contributed by atoms with E-state index in [2.05, 4.69) is 0 Å². The number of aliphatic hydroxyl groups is 3. The predicted molar refractivity (Wildman–Crippen MR) is 100 cm³/mol. The molecule has 2 aromatic carbocycles. The van der Waals surface area contributed by atoms with E-state index in [-0.39, 0.29) is 12.6 Å². The fraction of sp³-hybridized carbons (Fsp3) is 0.429. The standard InChI is InChI=1S/C21H27NO4/c1-14-10-17(26-2)9-8-16(14)12-22-18(11-15-6-4-3-5-7-15)20(24)21(25)19(22)13-23/h3-10,18-21,23-25H,11-13H2,1-2H3/t18-,19+,20-,21+/m0/s1. The summed E-state index contributed by atoms with van der Waals surface area (Å²) in [6.45, 7) is 2.37. The summed E-state index contributed by atoms with van der Waals surface area (Å²) in [7, 11) is 1.64. The molecule has 1 aliphatic heterocycles. The largest absolute Gasteiger partial charge is 0.497 e. The lowest BCUT2D eigenvalue weighted by Gasteiger charge is -2.30. The van der Waals surface area contributed by atoms with Gasteiger partial charge in [-0.1, -0.05) is 36.4 Å². The van der Waals surface area contributed by atoms with Crippen LogP contribution in [0.3, 0.4) is 0 Å². The zero-order chi connectivity index (χ0) is 18.7. The van der Waals surface area contributed by atoms with Crippen molar-refractivity contribution in [2.45, 2.75) is 44.2 Å². The van der Waals surface area contributed by atoms with E-state index >= 15 is 0 Å². The number of ether oxygens (including phenoxy) is 1. The molecule has 0 bridgehead atoms. The van der Waals surface area contributed by atoms with E-state index in [4.69, 9.17) is 4.74 Å². The maximum Gasteiger partial charge on any atom is 0.119 e. The molecule has 2 aromatic rings. The van der Waals surface area contributed by atoms with Crippen LogP contribution in [0.1, 0.15) is 16.7 Å². The fourth-order valence-electron chi connectivity index (χ4n) is 3.80. The number of aryl methyl sites for hydroxylation is 1. The quantitative estimate of drug-likeness (QED) is 0.731. The highest BCUT2D eigenvalue weighted by molar-refractivity contribution is 5.35. The first-order valence-electron chi connectivity index (χ1n) is 8.95. The Morgan fingerprint density at radius 1 is 1.00 bits per heavy atom. The van der Waals surface area contributed by atoms with E-state index in [0.29, 0.717) is 13.0 Å². The maximum atomic E-state index is 10.6. The molecule has 4 atom stereocenters. The first kappa shape index (κ1) is 18.9. The Hall–Kier alpha value is -1.92. The lowest BCUT2D eigenvalue weighted by Crippen LogP contribution is -2.41. The Morgan fingerprint density at radius 3 is 2.31 bits per heavy atom. The molecule has 0 aliphatic carbocycles. The van der Waals surface area contributed by atoms with E-state index in [9.17, 15) is 15.3 Å². The second-order valence-electron chi connectivity index (χ2n) is 6.95. The monoisotopic (exact) mass is 357 g/mol. The maximum absolute atomic E-state index is 10.6. The van der Waals surface area contributed by atoms with Gasteiger partial charge in [0.2, 0.25) is 0 Å². The number of rotatable bonds is 6. The summed E-state index contributed by atoms with van der Waals surface area (Å²) in [4.78, 5) is 2.02. The lowest BCUT2D eigenvalue weighted by molar-refractivity contribution is 0.0178. The Bertz CT molecular complexity index is 721. The SMILES string of the molecule is COc1ccc(CN2[C@H](CO)[C@@H](O)[C@@H](O)[C@@H]2Cc2ccccc2)c(C)c1. The van der Waals surface area contributed by atoms with Gasteiger partial charge in [-0.2, -0.15) is 0 Å². The molecule has 140 valence electrons. The van der Waals surface area contributed by atoms with Crippen molar-refractivity contribution in [1.82, 2.24) is 4.90 Å². The second kappa shape index (κ2) is 8.18. The van der Waals surface area contributed by atoms with Crippen molar-refractivity contribution >= 4 is 0 Å². The number of aliphatic hydroxyl groups excluding tert-OH is 3. The van der Waals surface area contributed by atoms with Crippen molar-refractivity contribution in [1.29, 1.82) is 0 Å². The van der Waals surface area contributed by atoms with Gasteiger partial charge in [0.25, 0.3) is 0 Å². The van der Waals surface area contributed by atoms with Crippen LogP contribution < -0.4 is 4.74 Å². The molecule has 0 unspecified atom stereocenters. The number of nitrogens with zero attached hydrogens (tertiary/aromatic N) is 1. The molecule has 1 saturated heterocycles. The van der Waals surface area contributed by atoms with Crippen LogP contribution in [0.15, 0.2) is 48.5 Å². The van der Waals surface area contributed by atoms with E-state index in [0.717, 1.165) is 22.4 Å². The van der Waals surface area contributed by atoms with Crippen LogP contribution in [0, 0.1) is 6.92 Å². The highest BCUT2D eigenvalue weighted by Gasteiger charge is 2.46. The molecule has 5 heteroatoms. The molecule has 1 fully saturated rings. The summed E-state index contributed by atoms with van der Waals surface area (Å²) in [6.07, 6.45) is -1.25. The molecule has 0 saturated carbocycles. The minimum absolute atomic E-state index is 0.196. The number of hydrogen-bond acceptors (Lipinski definition) is 5. The number of benzene rings is 2. The van der Waals surface area contributed by atoms with Crippen molar-refractivity contribution in [3.8, 4) is 5.75 Å². The van der Waals surface area contributed by atoms with Gasteiger partial charge in [-0.15, -0.1) is 0 Å². The summed E-state index contributed by atoms with van der Waals surface area (Å²) in [5.41, 5.74) is 3.26. The lowest BCUT2D eigenvalue weighted by atomic mass is 10.0. The van der Waals surface area contributed by atoms with Crippen molar-refractivity contribution in [3.63, 3.8) is 0 Å². The molecular weight excluding hydrogens is 330 g/mol. The third-order valence-corrected chi connectivity index (χ3v) is 5.37. The average Bonchev–Trinajstić information content (AvgIpc) is 2.88. The zero-order valence-electron chi connectivity index (χ0n) is 15.2. The Kier molecular flexibility index (Phi) is 5.94. The van der Waals surface area contributed by atoms with Crippen LogP contribution >= 0.6 is 0 Å². The molecular formula is C21H27NO4. The number of methoxy groups -OCH3 is 1. The van der Waals surface area contributed by atoms with Crippen LogP contribution in [0.5, 0.6) is 5.75 Å². The first-order chi connectivity index (χ1) is 12.5. The van der Waals surface area contributed by atoms with Gasteiger partial charge in [0, 0.05) is 12.6 Å². The first-order valence-corrected chi connectivity index (χ1v) is 8.95. The van der Waals surface area contributed by atoms with Crippen LogP contribution in [0.25, 0.3) is 0 Å². The molecule has 0 spiro atoms. The Morgan fingerprint density at radius 2 is 1.69 bits per heavy atom. The third-order valence-electron chi connectivity index (χ3n) is 5.37. The molecule has 1 aliphatic rings. The Balaban J connectivity index is 1.87. The second-order valence-corrected chi connectivity index (χ2v) is 6.95. The van der Waals surface area contributed by atoms with E-state index in [1.807, 2.05) is 60.4 Å². The summed E-state index contributed by atoms with van der Waals surface area (Å²) in [5, 5.41) is 30.8. The van der Waals surface area contributed by atoms with Gasteiger partial charge < -0.3 is 20.1 Å². The number of hydrogen-bond donors (Lipinski definition) is 3. The van der Waals surface area contributed by atoms with Gasteiger partial charge in [-0.25, -0.2) is 0 Å². The van der Waals surface area contributed by atoms with Crippen molar-refractivity contribution in [2.75, 3.05) is 13.7 Å². The smallest absolute Gasteiger partial charge is 0.119 e. The molecule has 0 amide bonds. The number of likely N-dealkylation sites (tertiary alicyclic amines) is 1. The Labute approximate surface area is 154 Å². The molecule has 0 aromatic heterocycles. The third kappa shape index (κ3) is 3.76. The molecule has 0 radical (unpaired) electrons. The van der Waals surface area contributed by atoms with Crippen molar-refractivity contribution < 1.29 is 20.1 Å². The highest BCUT2D eigenvalue weighted by Crippen LogP contribution is 2.31. The van der Waals surface area contributed by atoms with Gasteiger partial charge in [-0.05, 0) is 42.2 Å². The zero-order valence-corrected chi connectivity index (χ0v) is 15.2. The average molecular weight is 357 g/mol. The molecule has 5 nitrogen and oxygen atoms in total. The van der Waals surface area contributed by atoms with Gasteiger partial charge in [0.1, 0.15) is 5.75 Å². The summed E-state index contributed by atoms with van der Waals surface area (Å²) < 4.78 is 5.26. The minimum Gasteiger partial charge on any atom is -0.497 e. The van der Waals surface area contributed by atoms with Crippen LogP contribution in [-0.4, -0.2) is 58.2 Å². The van der Waals surface area contributed by atoms with Crippen molar-refractivity contribution in [2.24, 2.45) is 0 Å². The normalized spacial score (nSPS) is 26.2. The molecule has 1 heterocycles. The minimum atomic E-state index is -0.965. The van der Waals surface area contributed by atoms with Crippen LogP contribution in [0.2, 0.25) is 0 Å². The van der Waals surface area contributed by atoms with Gasteiger partial charge >= 0.3 is 0 Å². The fourth-order valence-corrected chi connectivity index (χ4v) is 3.80.